The molecule has 1 aromatic heterocycles. The van der Waals surface area contributed by atoms with Crippen LogP contribution in [0.5, 0.6) is 11.5 Å². The highest BCUT2D eigenvalue weighted by Crippen LogP contribution is 2.30. The second kappa shape index (κ2) is 7.80. The summed E-state index contributed by atoms with van der Waals surface area (Å²) in [6.07, 6.45) is 1.01. The van der Waals surface area contributed by atoms with Gasteiger partial charge in [-0.15, -0.1) is 0 Å². The molecule has 0 amide bonds. The van der Waals surface area contributed by atoms with Gasteiger partial charge in [0, 0.05) is 24.2 Å². The number of hydrogen-bond acceptors (Lipinski definition) is 6. The van der Waals surface area contributed by atoms with Crippen molar-refractivity contribution in [3.05, 3.63) is 60.0 Å². The number of nitrogens with zero attached hydrogens (tertiary/aromatic N) is 3. The van der Waals surface area contributed by atoms with Crippen molar-refractivity contribution in [1.82, 2.24) is 15.0 Å². The van der Waals surface area contributed by atoms with Crippen LogP contribution in [0.25, 0.3) is 11.4 Å². The summed E-state index contributed by atoms with van der Waals surface area (Å²) in [5.74, 6) is 3.27. The van der Waals surface area contributed by atoms with E-state index in [2.05, 4.69) is 21.1 Å². The molecule has 0 unspecified atom stereocenters. The highest BCUT2D eigenvalue weighted by Gasteiger charge is 2.29. The van der Waals surface area contributed by atoms with E-state index < -0.39 is 0 Å². The van der Waals surface area contributed by atoms with Crippen molar-refractivity contribution in [2.45, 2.75) is 18.9 Å². The molecule has 0 aliphatic carbocycles. The molecule has 0 radical (unpaired) electrons. The minimum absolute atomic E-state index is 0.256. The fourth-order valence-electron chi connectivity index (χ4n) is 3.53. The van der Waals surface area contributed by atoms with Gasteiger partial charge in [0.25, 0.3) is 0 Å². The Bertz CT molecular complexity index is 909. The maximum atomic E-state index is 5.57. The Kier molecular flexibility index (Phi) is 5.07. The van der Waals surface area contributed by atoms with Crippen molar-refractivity contribution in [3.63, 3.8) is 0 Å². The minimum Gasteiger partial charge on any atom is -0.497 e. The third-order valence-corrected chi connectivity index (χ3v) is 4.98. The van der Waals surface area contributed by atoms with Crippen molar-refractivity contribution >= 4 is 0 Å². The average Bonchev–Trinajstić information content (AvgIpc) is 3.38. The van der Waals surface area contributed by atoms with Crippen LogP contribution in [0.15, 0.2) is 53.1 Å². The zero-order valence-corrected chi connectivity index (χ0v) is 15.6. The molecule has 1 aliphatic heterocycles. The molecule has 6 heteroatoms. The van der Waals surface area contributed by atoms with E-state index >= 15 is 0 Å². The molecule has 0 N–H and O–H groups in total. The second-order valence-corrected chi connectivity index (χ2v) is 6.72. The zero-order valence-electron chi connectivity index (χ0n) is 15.6. The van der Waals surface area contributed by atoms with Gasteiger partial charge in [-0.25, -0.2) is 0 Å². The molecule has 6 nitrogen and oxygen atoms in total. The monoisotopic (exact) mass is 365 g/mol. The molecule has 2 aromatic carbocycles. The average molecular weight is 365 g/mol. The van der Waals surface area contributed by atoms with Gasteiger partial charge in [-0.1, -0.05) is 35.5 Å². The van der Waals surface area contributed by atoms with E-state index in [9.17, 15) is 0 Å². The summed E-state index contributed by atoms with van der Waals surface area (Å²) in [6.45, 7) is 2.76. The number of benzene rings is 2. The number of rotatable bonds is 6. The van der Waals surface area contributed by atoms with Crippen molar-refractivity contribution in [2.24, 2.45) is 0 Å². The Morgan fingerprint density at radius 3 is 2.85 bits per heavy atom. The Hall–Kier alpha value is -2.86. The van der Waals surface area contributed by atoms with Crippen molar-refractivity contribution in [2.75, 3.05) is 27.3 Å². The van der Waals surface area contributed by atoms with E-state index in [-0.39, 0.29) is 5.92 Å². The summed E-state index contributed by atoms with van der Waals surface area (Å²) in [6, 6.07) is 15.8. The lowest BCUT2D eigenvalue weighted by Gasteiger charge is -2.17. The normalized spacial score (nSPS) is 17.2. The summed E-state index contributed by atoms with van der Waals surface area (Å²) in [7, 11) is 3.36. The van der Waals surface area contributed by atoms with Gasteiger partial charge in [0.15, 0.2) is 0 Å². The molecule has 3 aromatic rings. The van der Waals surface area contributed by atoms with Crippen LogP contribution in [0, 0.1) is 0 Å². The molecule has 1 aliphatic rings. The fourth-order valence-corrected chi connectivity index (χ4v) is 3.53. The van der Waals surface area contributed by atoms with Crippen molar-refractivity contribution < 1.29 is 14.0 Å². The Balaban J connectivity index is 1.44. The summed E-state index contributed by atoms with van der Waals surface area (Å²) < 4.78 is 16.3. The van der Waals surface area contributed by atoms with Gasteiger partial charge in [-0.3, -0.25) is 4.90 Å². The molecule has 2 heterocycles. The molecule has 0 saturated carbocycles. The van der Waals surface area contributed by atoms with Crippen molar-refractivity contribution in [3.8, 4) is 22.9 Å². The first kappa shape index (κ1) is 17.5. The molecule has 140 valence electrons. The lowest BCUT2D eigenvalue weighted by molar-refractivity contribution is 0.303. The summed E-state index contributed by atoms with van der Waals surface area (Å²) in [5.41, 5.74) is 2.09. The Labute approximate surface area is 158 Å². The number of hydrogen-bond donors (Lipinski definition) is 0. The van der Waals surface area contributed by atoms with Gasteiger partial charge in [0.05, 0.1) is 20.1 Å². The quantitative estimate of drug-likeness (QED) is 0.663. The second-order valence-electron chi connectivity index (χ2n) is 6.72. The van der Waals surface area contributed by atoms with Crippen LogP contribution in [0.3, 0.4) is 0 Å². The van der Waals surface area contributed by atoms with Gasteiger partial charge >= 0.3 is 0 Å². The number of aromatic nitrogens is 2. The highest BCUT2D eigenvalue weighted by atomic mass is 16.5. The lowest BCUT2D eigenvalue weighted by atomic mass is 10.1. The predicted molar refractivity (Wildman–Crippen MR) is 102 cm³/mol. The highest BCUT2D eigenvalue weighted by molar-refractivity contribution is 5.56. The molecular weight excluding hydrogens is 342 g/mol. The van der Waals surface area contributed by atoms with Gasteiger partial charge in [0.1, 0.15) is 11.5 Å². The van der Waals surface area contributed by atoms with E-state index in [1.807, 2.05) is 42.5 Å². The van der Waals surface area contributed by atoms with E-state index in [0.717, 1.165) is 43.1 Å². The number of ether oxygens (including phenoxy) is 2. The first-order valence-electron chi connectivity index (χ1n) is 9.09. The van der Waals surface area contributed by atoms with Gasteiger partial charge in [-0.2, -0.15) is 4.98 Å². The van der Waals surface area contributed by atoms with Crippen LogP contribution in [-0.4, -0.2) is 42.3 Å². The third-order valence-electron chi connectivity index (χ3n) is 4.98. The molecule has 1 atom stereocenters. The van der Waals surface area contributed by atoms with Gasteiger partial charge in [-0.05, 0) is 31.2 Å². The standard InChI is InChI=1S/C21H23N3O3/c1-25-18-8-5-7-15(12-18)20-22-21(27-23-20)17-10-11-24(14-17)13-16-6-3-4-9-19(16)26-2/h3-9,12,17H,10-11,13-14H2,1-2H3/t17-/m0/s1. The van der Waals surface area contributed by atoms with Crippen molar-refractivity contribution in [1.29, 1.82) is 0 Å². The van der Waals surface area contributed by atoms with E-state index in [1.165, 1.54) is 5.56 Å². The summed E-state index contributed by atoms with van der Waals surface area (Å²) >= 11 is 0. The van der Waals surface area contributed by atoms with Crippen LogP contribution in [0.1, 0.15) is 23.8 Å². The number of para-hydroxylation sites is 1. The molecule has 1 saturated heterocycles. The van der Waals surface area contributed by atoms with E-state index in [4.69, 9.17) is 14.0 Å². The van der Waals surface area contributed by atoms with Gasteiger partial charge < -0.3 is 14.0 Å². The minimum atomic E-state index is 0.256. The molecular formula is C21H23N3O3. The predicted octanol–water partition coefficient (Wildman–Crippen LogP) is 3.74. The summed E-state index contributed by atoms with van der Waals surface area (Å²) in [5, 5.41) is 4.16. The molecule has 0 bridgehead atoms. The zero-order chi connectivity index (χ0) is 18.6. The smallest absolute Gasteiger partial charge is 0.231 e. The first-order valence-corrected chi connectivity index (χ1v) is 9.09. The largest absolute Gasteiger partial charge is 0.497 e. The fraction of sp³-hybridized carbons (Fsp3) is 0.333. The topological polar surface area (TPSA) is 60.6 Å². The van der Waals surface area contributed by atoms with Crippen LogP contribution in [0.2, 0.25) is 0 Å². The maximum Gasteiger partial charge on any atom is 0.231 e. The number of likely N-dealkylation sites (tertiary alicyclic amines) is 1. The third kappa shape index (κ3) is 3.80. The van der Waals surface area contributed by atoms with Crippen LogP contribution < -0.4 is 9.47 Å². The van der Waals surface area contributed by atoms with E-state index in [0.29, 0.717) is 11.7 Å². The number of methoxy groups -OCH3 is 2. The molecule has 27 heavy (non-hydrogen) atoms. The maximum absolute atomic E-state index is 5.57. The Morgan fingerprint density at radius 1 is 1.11 bits per heavy atom. The molecule has 1 fully saturated rings. The van der Waals surface area contributed by atoms with Crippen LogP contribution in [0.4, 0.5) is 0 Å². The van der Waals surface area contributed by atoms with Crippen LogP contribution in [-0.2, 0) is 6.54 Å². The SMILES string of the molecule is COc1cccc(-c2noc([C@H]3CCN(Cc4ccccc4OC)C3)n2)c1. The van der Waals surface area contributed by atoms with Crippen LogP contribution >= 0.6 is 0 Å². The van der Waals surface area contributed by atoms with Gasteiger partial charge in [0.2, 0.25) is 11.7 Å². The first-order chi connectivity index (χ1) is 13.3. The molecule has 0 spiro atoms. The van der Waals surface area contributed by atoms with E-state index in [1.54, 1.807) is 14.2 Å². The molecule has 4 rings (SSSR count). The Morgan fingerprint density at radius 2 is 2.00 bits per heavy atom. The summed E-state index contributed by atoms with van der Waals surface area (Å²) in [4.78, 5) is 7.03. The lowest BCUT2D eigenvalue weighted by Crippen LogP contribution is -2.20.